The summed E-state index contributed by atoms with van der Waals surface area (Å²) >= 11 is 1.92. The Kier molecular flexibility index (Phi) is 6.53. The molecule has 2 nitrogen and oxygen atoms in total. The third kappa shape index (κ3) is 4.56. The van der Waals surface area contributed by atoms with E-state index in [-0.39, 0.29) is 6.04 Å². The Bertz CT molecular complexity index is 277. The van der Waals surface area contributed by atoms with Crippen LogP contribution in [0, 0.1) is 0 Å². The van der Waals surface area contributed by atoms with E-state index in [1.165, 1.54) is 5.56 Å². The lowest BCUT2D eigenvalue weighted by Gasteiger charge is -2.20. The zero-order valence-electron chi connectivity index (χ0n) is 10.1. The van der Waals surface area contributed by atoms with Gasteiger partial charge in [-0.3, -0.25) is 0 Å². The standard InChI is InChI=1S/C13H21NOS/c1-11(14)13(16-10-6-9-15-2)12-7-4-3-5-8-12/h3-5,7-8,11,13H,6,9-10,14H2,1-2H3. The van der Waals surface area contributed by atoms with E-state index in [0.29, 0.717) is 5.25 Å². The smallest absolute Gasteiger partial charge is 0.0470 e. The number of methoxy groups -OCH3 is 1. The van der Waals surface area contributed by atoms with Crippen LogP contribution in [0.2, 0.25) is 0 Å². The predicted molar refractivity (Wildman–Crippen MR) is 71.8 cm³/mol. The van der Waals surface area contributed by atoms with Crippen LogP contribution in [-0.2, 0) is 4.74 Å². The summed E-state index contributed by atoms with van der Waals surface area (Å²) in [7, 11) is 1.74. The van der Waals surface area contributed by atoms with Crippen LogP contribution in [0.5, 0.6) is 0 Å². The summed E-state index contributed by atoms with van der Waals surface area (Å²) in [6.07, 6.45) is 1.08. The van der Waals surface area contributed by atoms with Gasteiger partial charge < -0.3 is 10.5 Å². The summed E-state index contributed by atoms with van der Waals surface area (Å²) in [6.45, 7) is 2.90. The zero-order chi connectivity index (χ0) is 11.8. The molecule has 0 fully saturated rings. The quantitative estimate of drug-likeness (QED) is 0.743. The Morgan fingerprint density at radius 1 is 1.31 bits per heavy atom. The van der Waals surface area contributed by atoms with Gasteiger partial charge >= 0.3 is 0 Å². The lowest BCUT2D eigenvalue weighted by Crippen LogP contribution is -2.23. The topological polar surface area (TPSA) is 35.2 Å². The molecule has 2 N–H and O–H groups in total. The SMILES string of the molecule is COCCCSC(c1ccccc1)C(C)N. The Morgan fingerprint density at radius 2 is 2.00 bits per heavy atom. The third-order valence-electron chi connectivity index (χ3n) is 2.40. The van der Waals surface area contributed by atoms with Crippen molar-refractivity contribution in [2.45, 2.75) is 24.6 Å². The summed E-state index contributed by atoms with van der Waals surface area (Å²) in [5.74, 6) is 1.09. The first kappa shape index (κ1) is 13.6. The van der Waals surface area contributed by atoms with E-state index in [4.69, 9.17) is 10.5 Å². The van der Waals surface area contributed by atoms with Crippen molar-refractivity contribution in [1.29, 1.82) is 0 Å². The van der Waals surface area contributed by atoms with E-state index in [0.717, 1.165) is 18.8 Å². The fourth-order valence-corrected chi connectivity index (χ4v) is 2.80. The van der Waals surface area contributed by atoms with Gasteiger partial charge in [0.2, 0.25) is 0 Å². The van der Waals surface area contributed by atoms with Crippen LogP contribution in [-0.4, -0.2) is 25.5 Å². The van der Waals surface area contributed by atoms with E-state index in [1.807, 2.05) is 17.8 Å². The fraction of sp³-hybridized carbons (Fsp3) is 0.538. The first-order chi connectivity index (χ1) is 7.75. The Balaban J connectivity index is 2.49. The van der Waals surface area contributed by atoms with E-state index in [9.17, 15) is 0 Å². The molecule has 0 amide bonds. The molecule has 0 spiro atoms. The number of benzene rings is 1. The highest BCUT2D eigenvalue weighted by atomic mass is 32.2. The number of rotatable bonds is 7. The summed E-state index contributed by atoms with van der Waals surface area (Å²) in [4.78, 5) is 0. The highest BCUT2D eigenvalue weighted by Crippen LogP contribution is 2.31. The molecule has 2 atom stereocenters. The molecule has 0 aromatic heterocycles. The summed E-state index contributed by atoms with van der Waals surface area (Å²) < 4.78 is 5.05. The normalized spacial score (nSPS) is 14.7. The minimum Gasteiger partial charge on any atom is -0.385 e. The molecule has 2 unspecified atom stereocenters. The Labute approximate surface area is 103 Å². The number of thioether (sulfide) groups is 1. The molecule has 0 saturated carbocycles. The van der Waals surface area contributed by atoms with Crippen LogP contribution in [0.3, 0.4) is 0 Å². The van der Waals surface area contributed by atoms with Gasteiger partial charge in [0.25, 0.3) is 0 Å². The third-order valence-corrected chi connectivity index (χ3v) is 3.98. The molecule has 3 heteroatoms. The van der Waals surface area contributed by atoms with Gasteiger partial charge in [0, 0.05) is 25.0 Å². The second-order valence-corrected chi connectivity index (χ2v) is 5.16. The van der Waals surface area contributed by atoms with Crippen molar-refractivity contribution in [1.82, 2.24) is 0 Å². The van der Waals surface area contributed by atoms with Crippen LogP contribution in [0.15, 0.2) is 30.3 Å². The van der Waals surface area contributed by atoms with Gasteiger partial charge in [-0.1, -0.05) is 30.3 Å². The molecule has 1 rings (SSSR count). The van der Waals surface area contributed by atoms with Crippen molar-refractivity contribution in [2.75, 3.05) is 19.5 Å². The molecule has 0 bridgehead atoms. The second kappa shape index (κ2) is 7.71. The lowest BCUT2D eigenvalue weighted by atomic mass is 10.1. The molecule has 0 aliphatic rings. The second-order valence-electron chi connectivity index (χ2n) is 3.91. The Hall–Kier alpha value is -0.510. The highest BCUT2D eigenvalue weighted by Gasteiger charge is 2.15. The minimum absolute atomic E-state index is 0.176. The van der Waals surface area contributed by atoms with Crippen molar-refractivity contribution < 1.29 is 4.74 Å². The van der Waals surface area contributed by atoms with Crippen LogP contribution >= 0.6 is 11.8 Å². The van der Waals surface area contributed by atoms with Crippen LogP contribution < -0.4 is 5.73 Å². The largest absolute Gasteiger partial charge is 0.385 e. The predicted octanol–water partition coefficient (Wildman–Crippen LogP) is 2.84. The van der Waals surface area contributed by atoms with Gasteiger partial charge in [-0.2, -0.15) is 11.8 Å². The first-order valence-electron chi connectivity index (χ1n) is 5.66. The maximum atomic E-state index is 6.03. The van der Waals surface area contributed by atoms with Crippen molar-refractivity contribution in [3.63, 3.8) is 0 Å². The van der Waals surface area contributed by atoms with Gasteiger partial charge in [0.05, 0.1) is 0 Å². The van der Waals surface area contributed by atoms with E-state index < -0.39 is 0 Å². The molecule has 90 valence electrons. The van der Waals surface area contributed by atoms with Gasteiger partial charge in [0.15, 0.2) is 0 Å². The lowest BCUT2D eigenvalue weighted by molar-refractivity contribution is 0.200. The highest BCUT2D eigenvalue weighted by molar-refractivity contribution is 7.99. The zero-order valence-corrected chi connectivity index (χ0v) is 10.9. The number of nitrogens with two attached hydrogens (primary N) is 1. The fourth-order valence-electron chi connectivity index (χ4n) is 1.61. The van der Waals surface area contributed by atoms with Crippen molar-refractivity contribution >= 4 is 11.8 Å². The van der Waals surface area contributed by atoms with Gasteiger partial charge in [0.1, 0.15) is 0 Å². The average Bonchev–Trinajstić information content (AvgIpc) is 2.30. The van der Waals surface area contributed by atoms with Crippen LogP contribution in [0.25, 0.3) is 0 Å². The van der Waals surface area contributed by atoms with Gasteiger partial charge in [-0.25, -0.2) is 0 Å². The molecule has 16 heavy (non-hydrogen) atoms. The molecule has 0 heterocycles. The molecule has 0 aliphatic carbocycles. The summed E-state index contributed by atoms with van der Waals surface area (Å²) in [5.41, 5.74) is 7.35. The molecule has 0 saturated heterocycles. The van der Waals surface area contributed by atoms with Crippen molar-refractivity contribution in [2.24, 2.45) is 5.73 Å². The molecule has 0 radical (unpaired) electrons. The van der Waals surface area contributed by atoms with E-state index in [1.54, 1.807) is 7.11 Å². The van der Waals surface area contributed by atoms with Crippen LogP contribution in [0.4, 0.5) is 0 Å². The number of hydrogen-bond acceptors (Lipinski definition) is 3. The van der Waals surface area contributed by atoms with E-state index >= 15 is 0 Å². The first-order valence-corrected chi connectivity index (χ1v) is 6.71. The molecular formula is C13H21NOS. The molecular weight excluding hydrogens is 218 g/mol. The minimum atomic E-state index is 0.176. The van der Waals surface area contributed by atoms with Gasteiger partial charge in [-0.05, 0) is 24.7 Å². The van der Waals surface area contributed by atoms with Crippen molar-refractivity contribution in [3.05, 3.63) is 35.9 Å². The molecule has 1 aromatic carbocycles. The molecule has 1 aromatic rings. The average molecular weight is 239 g/mol. The monoisotopic (exact) mass is 239 g/mol. The van der Waals surface area contributed by atoms with Crippen LogP contribution in [0.1, 0.15) is 24.2 Å². The van der Waals surface area contributed by atoms with Crippen molar-refractivity contribution in [3.8, 4) is 0 Å². The summed E-state index contributed by atoms with van der Waals surface area (Å²) in [6, 6.07) is 10.7. The maximum Gasteiger partial charge on any atom is 0.0470 e. The van der Waals surface area contributed by atoms with E-state index in [2.05, 4.69) is 31.2 Å². The maximum absolute atomic E-state index is 6.03. The Morgan fingerprint density at radius 3 is 2.56 bits per heavy atom. The number of hydrogen-bond donors (Lipinski definition) is 1. The van der Waals surface area contributed by atoms with Gasteiger partial charge in [-0.15, -0.1) is 0 Å². The number of ether oxygens (including phenoxy) is 1. The summed E-state index contributed by atoms with van der Waals surface area (Å²) in [5, 5.41) is 0.387. The molecule has 0 aliphatic heterocycles.